The summed E-state index contributed by atoms with van der Waals surface area (Å²) < 4.78 is 1.46. The molecule has 0 amide bonds. The van der Waals surface area contributed by atoms with Gasteiger partial charge < -0.3 is 10.0 Å². The van der Waals surface area contributed by atoms with Crippen molar-refractivity contribution in [2.24, 2.45) is 0 Å². The van der Waals surface area contributed by atoms with E-state index in [-0.39, 0.29) is 5.91 Å². The average Bonchev–Trinajstić information content (AvgIpc) is 3.31. The monoisotopic (exact) mass is 362 g/mol. The molecule has 27 heavy (non-hydrogen) atoms. The number of aliphatic hydroxyl groups excluding tert-OH is 1. The average molecular weight is 362 g/mol. The molecule has 0 bridgehead atoms. The summed E-state index contributed by atoms with van der Waals surface area (Å²) in [6, 6.07) is 15.7. The molecule has 1 saturated heterocycles. The second-order valence-electron chi connectivity index (χ2n) is 7.54. The van der Waals surface area contributed by atoms with Gasteiger partial charge in [-0.25, -0.2) is 0 Å². The normalized spacial score (nSPS) is 17.6. The summed E-state index contributed by atoms with van der Waals surface area (Å²) in [4.78, 5) is 14.2. The maximum Gasteiger partial charge on any atom is 0.256 e. The minimum Gasteiger partial charge on any atom is -0.387 e. The molecular weight excluding hydrogens is 336 g/mol. The highest BCUT2D eigenvalue weighted by Crippen LogP contribution is 2.26. The second-order valence-corrected chi connectivity index (χ2v) is 7.54. The van der Waals surface area contributed by atoms with Crippen molar-refractivity contribution in [3.8, 4) is 11.1 Å². The first kappa shape index (κ1) is 18.0. The number of hydrogen-bond acceptors (Lipinski definition) is 3. The molecule has 3 aromatic rings. The van der Waals surface area contributed by atoms with Crippen molar-refractivity contribution >= 4 is 16.7 Å². The van der Waals surface area contributed by atoms with Gasteiger partial charge in [-0.3, -0.25) is 9.36 Å². The molecule has 4 rings (SSSR count). The van der Waals surface area contributed by atoms with Gasteiger partial charge >= 0.3 is 0 Å². The van der Waals surface area contributed by atoms with Gasteiger partial charge in [0.2, 0.25) is 0 Å². The number of likely N-dealkylation sites (tertiary alicyclic amines) is 1. The highest BCUT2D eigenvalue weighted by atomic mass is 16.3. The van der Waals surface area contributed by atoms with Crippen LogP contribution in [-0.4, -0.2) is 46.2 Å². The second kappa shape index (κ2) is 7.67. The van der Waals surface area contributed by atoms with Crippen molar-refractivity contribution in [2.45, 2.75) is 32.2 Å². The molecule has 2 aromatic carbocycles. The van der Waals surface area contributed by atoms with Crippen molar-refractivity contribution in [3.05, 3.63) is 60.4 Å². The molecule has 0 radical (unpaired) electrons. The van der Waals surface area contributed by atoms with Crippen LogP contribution in [0.15, 0.2) is 54.9 Å². The van der Waals surface area contributed by atoms with E-state index >= 15 is 0 Å². The first-order valence-corrected chi connectivity index (χ1v) is 9.73. The number of benzene rings is 2. The zero-order valence-corrected chi connectivity index (χ0v) is 15.8. The number of fused-ring (bicyclic) bond motifs is 1. The van der Waals surface area contributed by atoms with E-state index in [1.54, 1.807) is 12.4 Å². The number of carbonyl (C=O) groups is 1. The first-order valence-electron chi connectivity index (χ1n) is 9.73. The van der Waals surface area contributed by atoms with E-state index in [9.17, 15) is 4.79 Å². The van der Waals surface area contributed by atoms with Crippen molar-refractivity contribution in [3.63, 3.8) is 0 Å². The zero-order valence-electron chi connectivity index (χ0n) is 15.8. The maximum atomic E-state index is 11.7. The zero-order chi connectivity index (χ0) is 18.8. The summed E-state index contributed by atoms with van der Waals surface area (Å²) in [7, 11) is 0. The Labute approximate surface area is 160 Å². The summed E-state index contributed by atoms with van der Waals surface area (Å²) in [6.45, 7) is 4.22. The Morgan fingerprint density at radius 2 is 1.81 bits per heavy atom. The van der Waals surface area contributed by atoms with Gasteiger partial charge in [-0.15, -0.1) is 0 Å². The minimum absolute atomic E-state index is 0.315. The van der Waals surface area contributed by atoms with E-state index in [0.29, 0.717) is 0 Å². The molecule has 1 N–H and O–H groups in total. The smallest absolute Gasteiger partial charge is 0.256 e. The van der Waals surface area contributed by atoms with Gasteiger partial charge in [-0.2, -0.15) is 0 Å². The van der Waals surface area contributed by atoms with Gasteiger partial charge in [0.05, 0.1) is 0 Å². The SMILES string of the molecule is CC1CCCN1CCc1ccc(-c2ccc3cn(C(=O)CO)cc3c2)cc1. The lowest BCUT2D eigenvalue weighted by Crippen LogP contribution is -2.28. The van der Waals surface area contributed by atoms with E-state index in [4.69, 9.17) is 5.11 Å². The van der Waals surface area contributed by atoms with Crippen molar-refractivity contribution < 1.29 is 9.90 Å². The lowest BCUT2D eigenvalue weighted by molar-refractivity contribution is 0.0819. The maximum absolute atomic E-state index is 11.7. The van der Waals surface area contributed by atoms with Crippen LogP contribution in [0, 0.1) is 0 Å². The third kappa shape index (κ3) is 3.82. The van der Waals surface area contributed by atoms with Gasteiger partial charge in [-0.1, -0.05) is 36.4 Å². The molecule has 4 heteroatoms. The molecule has 1 atom stereocenters. The molecule has 2 heterocycles. The lowest BCUT2D eigenvalue weighted by atomic mass is 10.0. The Morgan fingerprint density at radius 3 is 2.52 bits per heavy atom. The molecule has 0 aliphatic carbocycles. The number of rotatable bonds is 5. The molecule has 140 valence electrons. The lowest BCUT2D eigenvalue weighted by Gasteiger charge is -2.20. The van der Waals surface area contributed by atoms with E-state index in [1.807, 2.05) is 6.07 Å². The van der Waals surface area contributed by atoms with E-state index < -0.39 is 6.61 Å². The van der Waals surface area contributed by atoms with Gasteiger partial charge in [0.25, 0.3) is 5.91 Å². The van der Waals surface area contributed by atoms with Crippen molar-refractivity contribution in [1.29, 1.82) is 0 Å². The molecule has 1 unspecified atom stereocenters. The van der Waals surface area contributed by atoms with Crippen LogP contribution >= 0.6 is 0 Å². The van der Waals surface area contributed by atoms with Crippen LogP contribution in [0.1, 0.15) is 30.1 Å². The van der Waals surface area contributed by atoms with Gasteiger partial charge in [-0.05, 0) is 60.9 Å². The Morgan fingerprint density at radius 1 is 1.07 bits per heavy atom. The molecule has 0 spiro atoms. The quantitative estimate of drug-likeness (QED) is 0.747. The molecule has 1 fully saturated rings. The Bertz CT molecular complexity index is 943. The molecular formula is C23H26N2O2. The van der Waals surface area contributed by atoms with Crippen LogP contribution in [0.2, 0.25) is 0 Å². The summed E-state index contributed by atoms with van der Waals surface area (Å²) in [5.41, 5.74) is 3.69. The molecule has 1 aliphatic heterocycles. The fourth-order valence-corrected chi connectivity index (χ4v) is 4.01. The number of nitrogens with zero attached hydrogens (tertiary/aromatic N) is 2. The van der Waals surface area contributed by atoms with Crippen molar-refractivity contribution in [2.75, 3.05) is 19.7 Å². The first-order chi connectivity index (χ1) is 13.1. The number of aliphatic hydroxyl groups is 1. The minimum atomic E-state index is -0.481. The third-order valence-electron chi connectivity index (χ3n) is 5.73. The van der Waals surface area contributed by atoms with Crippen LogP contribution in [0.25, 0.3) is 21.9 Å². The fraction of sp³-hybridized carbons (Fsp3) is 0.348. The summed E-state index contributed by atoms with van der Waals surface area (Å²) in [6.07, 6.45) is 7.29. The Hall–Kier alpha value is -2.43. The van der Waals surface area contributed by atoms with E-state index in [1.165, 1.54) is 35.1 Å². The summed E-state index contributed by atoms with van der Waals surface area (Å²) in [5, 5.41) is 11.0. The number of hydrogen-bond donors (Lipinski definition) is 1. The van der Waals surface area contributed by atoms with Gasteiger partial charge in [0.1, 0.15) is 6.61 Å². The predicted octanol–water partition coefficient (Wildman–Crippen LogP) is 3.97. The Kier molecular flexibility index (Phi) is 5.10. The number of carbonyl (C=O) groups excluding carboxylic acids is 1. The fourth-order valence-electron chi connectivity index (χ4n) is 4.01. The van der Waals surface area contributed by atoms with Gasteiger partial charge in [0.15, 0.2) is 0 Å². The largest absolute Gasteiger partial charge is 0.387 e. The van der Waals surface area contributed by atoms with Crippen LogP contribution in [-0.2, 0) is 6.42 Å². The highest BCUT2D eigenvalue weighted by molar-refractivity contribution is 5.92. The molecule has 1 aliphatic rings. The summed E-state index contributed by atoms with van der Waals surface area (Å²) >= 11 is 0. The van der Waals surface area contributed by atoms with Crippen LogP contribution in [0.5, 0.6) is 0 Å². The molecule has 4 nitrogen and oxygen atoms in total. The predicted molar refractivity (Wildman–Crippen MR) is 109 cm³/mol. The third-order valence-corrected chi connectivity index (χ3v) is 5.73. The Balaban J connectivity index is 1.48. The highest BCUT2D eigenvalue weighted by Gasteiger charge is 2.19. The topological polar surface area (TPSA) is 45.5 Å². The standard InChI is InChI=1S/C23H26N2O2/c1-17-3-2-11-24(17)12-10-18-4-6-19(7-5-18)20-8-9-21-14-25(23(27)16-26)15-22(21)13-20/h4-9,13-15,17,26H,2-3,10-12,16H2,1H3. The van der Waals surface area contributed by atoms with E-state index in [0.717, 1.165) is 35.3 Å². The van der Waals surface area contributed by atoms with Crippen LogP contribution in [0.3, 0.4) is 0 Å². The molecule has 1 aromatic heterocycles. The van der Waals surface area contributed by atoms with Crippen LogP contribution in [0.4, 0.5) is 0 Å². The van der Waals surface area contributed by atoms with Crippen molar-refractivity contribution in [1.82, 2.24) is 9.47 Å². The van der Waals surface area contributed by atoms with Crippen LogP contribution < -0.4 is 0 Å². The number of aromatic nitrogens is 1. The van der Waals surface area contributed by atoms with Gasteiger partial charge in [0, 0.05) is 30.4 Å². The summed E-state index contributed by atoms with van der Waals surface area (Å²) in [5.74, 6) is -0.315. The molecule has 0 saturated carbocycles. The van der Waals surface area contributed by atoms with E-state index in [2.05, 4.69) is 48.2 Å².